The smallest absolute Gasteiger partial charge is 0.306 e. The second kappa shape index (κ2) is 7.44. The Morgan fingerprint density at radius 2 is 1.86 bits per heavy atom. The van der Waals surface area contributed by atoms with Gasteiger partial charge in [-0.15, -0.1) is 0 Å². The predicted molar refractivity (Wildman–Crippen MR) is 126 cm³/mol. The summed E-state index contributed by atoms with van der Waals surface area (Å²) in [5, 5.41) is 32.6. The number of carbonyl (C=O) groups is 3. The summed E-state index contributed by atoms with van der Waals surface area (Å²) in [5.41, 5.74) is -0.541. The number of ketones is 1. The van der Waals surface area contributed by atoms with Crippen molar-refractivity contribution in [1.82, 2.24) is 9.80 Å². The Kier molecular flexibility index (Phi) is 4.66. The number of aromatic hydroxyl groups is 1. The van der Waals surface area contributed by atoms with Crippen LogP contribution in [0.1, 0.15) is 49.7 Å². The van der Waals surface area contributed by atoms with Crippen molar-refractivity contribution in [1.29, 1.82) is 0 Å². The number of carboxylic acid groups (broad SMARTS) is 1. The number of piperidine rings is 2. The summed E-state index contributed by atoms with van der Waals surface area (Å²) in [6.07, 6.45) is 3.24. The quantitative estimate of drug-likeness (QED) is 0.529. The Hall–Kier alpha value is -2.65. The van der Waals surface area contributed by atoms with Crippen molar-refractivity contribution in [2.24, 2.45) is 17.8 Å². The van der Waals surface area contributed by atoms with Gasteiger partial charge in [-0.2, -0.15) is 0 Å². The first kappa shape index (κ1) is 22.5. The lowest BCUT2D eigenvalue weighted by Crippen LogP contribution is -2.78. The Morgan fingerprint density at radius 3 is 2.56 bits per heavy atom. The number of phenols is 1. The van der Waals surface area contributed by atoms with Crippen LogP contribution >= 0.6 is 0 Å². The van der Waals surface area contributed by atoms with Gasteiger partial charge in [0.15, 0.2) is 23.4 Å². The van der Waals surface area contributed by atoms with Crippen molar-refractivity contribution in [3.05, 3.63) is 23.3 Å². The molecule has 3 N–H and O–H groups in total. The molecular formula is C27H32N2O7. The third-order valence-electron chi connectivity index (χ3n) is 10.1. The first-order chi connectivity index (χ1) is 17.2. The highest BCUT2D eigenvalue weighted by Crippen LogP contribution is 2.65. The molecule has 3 aliphatic carbocycles. The van der Waals surface area contributed by atoms with E-state index in [0.717, 1.165) is 24.2 Å². The summed E-state index contributed by atoms with van der Waals surface area (Å²) in [6.45, 7) is 2.23. The number of Topliss-reactive ketones (excluding diaryl/α,β-unsaturated/α-hetero) is 1. The summed E-state index contributed by atoms with van der Waals surface area (Å²) in [4.78, 5) is 43.0. The van der Waals surface area contributed by atoms with Gasteiger partial charge in [0.1, 0.15) is 5.92 Å². The molecule has 1 aromatic rings. The molecule has 9 nitrogen and oxygen atoms in total. The molecule has 2 bridgehead atoms. The van der Waals surface area contributed by atoms with Crippen LogP contribution in [0.2, 0.25) is 0 Å². The van der Waals surface area contributed by atoms with Gasteiger partial charge in [0.2, 0.25) is 5.91 Å². The minimum atomic E-state index is -1.34. The molecule has 4 fully saturated rings. The van der Waals surface area contributed by atoms with Crippen molar-refractivity contribution >= 4 is 17.7 Å². The lowest BCUT2D eigenvalue weighted by Gasteiger charge is -2.63. The Morgan fingerprint density at radius 1 is 1.11 bits per heavy atom. The van der Waals surface area contributed by atoms with E-state index in [1.54, 1.807) is 11.0 Å². The first-order valence-electron chi connectivity index (χ1n) is 13.3. The van der Waals surface area contributed by atoms with Gasteiger partial charge in [-0.3, -0.25) is 19.3 Å². The third-order valence-corrected chi connectivity index (χ3v) is 10.1. The van der Waals surface area contributed by atoms with E-state index in [0.29, 0.717) is 31.6 Å². The zero-order valence-electron chi connectivity index (χ0n) is 20.2. The molecule has 0 aromatic heterocycles. The number of phenolic OH excluding ortho intramolecular Hbond substituents is 1. The summed E-state index contributed by atoms with van der Waals surface area (Å²) in [7, 11) is 0. The number of amides is 1. The van der Waals surface area contributed by atoms with E-state index in [1.165, 1.54) is 12.8 Å². The maximum Gasteiger partial charge on any atom is 0.306 e. The largest absolute Gasteiger partial charge is 0.504 e. The van der Waals surface area contributed by atoms with Crippen molar-refractivity contribution in [3.8, 4) is 11.5 Å². The van der Waals surface area contributed by atoms with Gasteiger partial charge in [0, 0.05) is 31.2 Å². The van der Waals surface area contributed by atoms with Crippen LogP contribution in [0.3, 0.4) is 0 Å². The maximum absolute atomic E-state index is 14.0. The number of aliphatic carboxylic acids is 1. The zero-order valence-corrected chi connectivity index (χ0v) is 20.2. The molecule has 9 heteroatoms. The monoisotopic (exact) mass is 496 g/mol. The van der Waals surface area contributed by atoms with Crippen LogP contribution in [0.5, 0.6) is 11.5 Å². The van der Waals surface area contributed by atoms with Crippen LogP contribution in [-0.4, -0.2) is 86.7 Å². The lowest BCUT2D eigenvalue weighted by molar-refractivity contribution is -0.200. The number of hydrogen-bond acceptors (Lipinski definition) is 7. The number of carbonyl (C=O) groups excluding carboxylic acids is 2. The molecule has 36 heavy (non-hydrogen) atoms. The highest BCUT2D eigenvalue weighted by atomic mass is 16.5. The average molecular weight is 497 g/mol. The van der Waals surface area contributed by atoms with Crippen LogP contribution in [0, 0.1) is 17.8 Å². The van der Waals surface area contributed by atoms with Gasteiger partial charge in [0.05, 0.1) is 16.9 Å². The molecule has 1 unspecified atom stereocenters. The minimum Gasteiger partial charge on any atom is -0.504 e. The molecule has 3 aliphatic heterocycles. The van der Waals surface area contributed by atoms with E-state index < -0.39 is 34.9 Å². The van der Waals surface area contributed by atoms with E-state index in [2.05, 4.69) is 4.90 Å². The standard InChI is InChI=1S/C27H32N2O7/c30-18-4-3-16-11-19-27(35)12-17(24(32)28-8-5-15(6-9-28)25(33)34)21(31)23-26(27,20(16)22(18)36-23)7-10-29(19)13-14-1-2-14/h3-4,14-15,17,19,23,30,35H,1-2,5-13H2,(H,33,34)/t17?,19-,23+,26+,27-/m1/s1. The van der Waals surface area contributed by atoms with E-state index >= 15 is 0 Å². The van der Waals surface area contributed by atoms with Gasteiger partial charge in [-0.1, -0.05) is 6.07 Å². The molecule has 1 spiro atoms. The number of carboxylic acids is 1. The van der Waals surface area contributed by atoms with Crippen molar-refractivity contribution < 1.29 is 34.4 Å². The van der Waals surface area contributed by atoms with Gasteiger partial charge >= 0.3 is 5.97 Å². The second-order valence-corrected chi connectivity index (χ2v) is 11.8. The maximum atomic E-state index is 14.0. The van der Waals surface area contributed by atoms with Gasteiger partial charge < -0.3 is 25.0 Å². The van der Waals surface area contributed by atoms with E-state index in [-0.39, 0.29) is 48.7 Å². The van der Waals surface area contributed by atoms with E-state index in [4.69, 9.17) is 4.74 Å². The molecule has 0 radical (unpaired) electrons. The van der Waals surface area contributed by atoms with Gasteiger partial charge in [-0.25, -0.2) is 0 Å². The number of benzene rings is 1. The first-order valence-corrected chi connectivity index (χ1v) is 13.3. The van der Waals surface area contributed by atoms with Crippen LogP contribution in [-0.2, 0) is 26.2 Å². The average Bonchev–Trinajstić information content (AvgIpc) is 3.60. The Balaban J connectivity index is 1.28. The van der Waals surface area contributed by atoms with E-state index in [9.17, 15) is 29.7 Å². The molecule has 192 valence electrons. The number of hydrogen-bond donors (Lipinski definition) is 3. The second-order valence-electron chi connectivity index (χ2n) is 11.8. The molecule has 3 heterocycles. The van der Waals surface area contributed by atoms with Crippen molar-refractivity contribution in [3.63, 3.8) is 0 Å². The van der Waals surface area contributed by atoms with Crippen LogP contribution < -0.4 is 4.74 Å². The number of ether oxygens (including phenoxy) is 1. The van der Waals surface area contributed by atoms with Crippen LogP contribution in [0.15, 0.2) is 12.1 Å². The minimum absolute atomic E-state index is 0.0315. The SMILES string of the molecule is O=C(O)C1CCN(C(=O)C2C[C@@]3(O)[C@H]4Cc5ccc(O)c6c5[C@@]3(CCN4CC3CC3)[C@@H](O6)C2=O)CC1. The summed E-state index contributed by atoms with van der Waals surface area (Å²) >= 11 is 0. The fourth-order valence-electron chi connectivity index (χ4n) is 8.08. The summed E-state index contributed by atoms with van der Waals surface area (Å²) in [5.74, 6) is -2.17. The third kappa shape index (κ3) is 2.81. The van der Waals surface area contributed by atoms with Crippen LogP contribution in [0.25, 0.3) is 0 Å². The Labute approximate surface area is 209 Å². The highest BCUT2D eigenvalue weighted by molar-refractivity contribution is 6.06. The molecule has 2 saturated heterocycles. The van der Waals surface area contributed by atoms with Crippen molar-refractivity contribution in [2.75, 3.05) is 26.2 Å². The number of rotatable bonds is 4. The fraction of sp³-hybridized carbons (Fsp3) is 0.667. The molecule has 2 saturated carbocycles. The number of likely N-dealkylation sites (tertiary alicyclic amines) is 2. The molecule has 1 aromatic carbocycles. The van der Waals surface area contributed by atoms with Crippen molar-refractivity contribution in [2.45, 2.75) is 68.1 Å². The van der Waals surface area contributed by atoms with Crippen LogP contribution in [0.4, 0.5) is 0 Å². The zero-order chi connectivity index (χ0) is 25.0. The number of aliphatic hydroxyl groups is 1. The topological polar surface area (TPSA) is 128 Å². The molecule has 1 amide bonds. The van der Waals surface area contributed by atoms with Gasteiger partial charge in [-0.05, 0) is 69.0 Å². The highest BCUT2D eigenvalue weighted by Gasteiger charge is 2.75. The molecule has 5 atom stereocenters. The normalized spacial score (nSPS) is 37.4. The fourth-order valence-corrected chi connectivity index (χ4v) is 8.08. The summed E-state index contributed by atoms with van der Waals surface area (Å²) < 4.78 is 6.21. The molecule has 7 rings (SSSR count). The molecule has 6 aliphatic rings. The number of nitrogens with zero attached hydrogens (tertiary/aromatic N) is 2. The summed E-state index contributed by atoms with van der Waals surface area (Å²) in [6, 6.07) is 3.26. The van der Waals surface area contributed by atoms with Gasteiger partial charge in [0.25, 0.3) is 0 Å². The molecular weight excluding hydrogens is 464 g/mol. The Bertz CT molecular complexity index is 1170. The predicted octanol–water partition coefficient (Wildman–Crippen LogP) is 1.07. The lowest BCUT2D eigenvalue weighted by atomic mass is 9.47. The van der Waals surface area contributed by atoms with E-state index in [1.807, 2.05) is 6.07 Å².